The Morgan fingerprint density at radius 3 is 3.11 bits per heavy atom. The van der Waals surface area contributed by atoms with E-state index in [1.165, 1.54) is 16.9 Å². The average molecular weight is 253 g/mol. The zero-order chi connectivity index (χ0) is 13.1. The Hall–Kier alpha value is -1.96. The maximum Gasteiger partial charge on any atom is 0.389 e. The molecule has 2 rings (SSSR count). The van der Waals surface area contributed by atoms with Gasteiger partial charge in [0.05, 0.1) is 17.4 Å². The molecule has 1 aliphatic rings. The lowest BCUT2D eigenvalue weighted by Crippen LogP contribution is -2.53. The van der Waals surface area contributed by atoms with Gasteiger partial charge in [0.25, 0.3) is 0 Å². The summed E-state index contributed by atoms with van der Waals surface area (Å²) in [6.45, 7) is 4.21. The van der Waals surface area contributed by atoms with Crippen molar-refractivity contribution in [1.29, 1.82) is 0 Å². The Kier molecular flexibility index (Phi) is 3.56. The van der Waals surface area contributed by atoms with Gasteiger partial charge in [-0.15, -0.1) is 0 Å². The van der Waals surface area contributed by atoms with Crippen molar-refractivity contribution in [1.82, 2.24) is 20.0 Å². The van der Waals surface area contributed by atoms with Crippen LogP contribution in [0.4, 0.5) is 5.82 Å². The van der Waals surface area contributed by atoms with E-state index in [4.69, 9.17) is 0 Å². The third-order valence-electron chi connectivity index (χ3n) is 2.93. The van der Waals surface area contributed by atoms with Crippen molar-refractivity contribution in [3.8, 4) is 0 Å². The van der Waals surface area contributed by atoms with E-state index in [2.05, 4.69) is 10.4 Å². The number of amides is 1. The number of piperazine rings is 1. The zero-order valence-corrected chi connectivity index (χ0v) is 10.1. The topological polar surface area (TPSA) is 93.3 Å². The number of rotatable bonds is 3. The highest BCUT2D eigenvalue weighted by molar-refractivity contribution is 5.76. The first kappa shape index (κ1) is 12.5. The van der Waals surface area contributed by atoms with Crippen LogP contribution in [0.2, 0.25) is 0 Å². The fourth-order valence-electron chi connectivity index (χ4n) is 1.98. The molecular weight excluding hydrogens is 238 g/mol. The standard InChI is InChI=1S/C10H15N5O3/c1-8-6-11-3-5-14(8)10(16)7-13-4-2-9(12-13)15(17)18/h2,4,8,11H,3,5-7H2,1H3/t8-/m0/s1. The number of carbonyl (C=O) groups excluding carboxylic acids is 1. The second-order valence-electron chi connectivity index (χ2n) is 4.27. The van der Waals surface area contributed by atoms with Crippen LogP contribution in [-0.2, 0) is 11.3 Å². The van der Waals surface area contributed by atoms with Gasteiger partial charge in [-0.3, -0.25) is 4.79 Å². The van der Waals surface area contributed by atoms with Gasteiger partial charge in [0.1, 0.15) is 6.54 Å². The van der Waals surface area contributed by atoms with E-state index in [0.717, 1.165) is 13.1 Å². The summed E-state index contributed by atoms with van der Waals surface area (Å²) in [4.78, 5) is 23.7. The normalized spacial score (nSPS) is 19.8. The van der Waals surface area contributed by atoms with E-state index in [-0.39, 0.29) is 24.3 Å². The Bertz CT molecular complexity index is 458. The van der Waals surface area contributed by atoms with Gasteiger partial charge in [0, 0.05) is 25.7 Å². The van der Waals surface area contributed by atoms with Crippen LogP contribution in [0.3, 0.4) is 0 Å². The molecule has 1 fully saturated rings. The minimum absolute atomic E-state index is 0.0399. The van der Waals surface area contributed by atoms with E-state index in [9.17, 15) is 14.9 Å². The van der Waals surface area contributed by atoms with Gasteiger partial charge in [-0.05, 0) is 11.8 Å². The molecule has 1 N–H and O–H groups in total. The molecular formula is C10H15N5O3. The van der Waals surface area contributed by atoms with Gasteiger partial charge in [-0.2, -0.15) is 4.68 Å². The van der Waals surface area contributed by atoms with Crippen LogP contribution in [0.5, 0.6) is 0 Å². The summed E-state index contributed by atoms with van der Waals surface area (Å²) in [7, 11) is 0. The number of carbonyl (C=O) groups is 1. The molecule has 1 aromatic heterocycles. The predicted octanol–water partition coefficient (Wildman–Crippen LogP) is -0.388. The summed E-state index contributed by atoms with van der Waals surface area (Å²) < 4.78 is 1.30. The first-order valence-corrected chi connectivity index (χ1v) is 5.76. The molecule has 1 atom stereocenters. The molecule has 0 aliphatic carbocycles. The van der Waals surface area contributed by atoms with Gasteiger partial charge in [-0.1, -0.05) is 0 Å². The molecule has 98 valence electrons. The average Bonchev–Trinajstić information content (AvgIpc) is 2.78. The predicted molar refractivity (Wildman–Crippen MR) is 62.9 cm³/mol. The van der Waals surface area contributed by atoms with E-state index >= 15 is 0 Å². The Morgan fingerprint density at radius 1 is 1.72 bits per heavy atom. The van der Waals surface area contributed by atoms with E-state index in [1.807, 2.05) is 6.92 Å². The maximum absolute atomic E-state index is 12.0. The third kappa shape index (κ3) is 2.65. The van der Waals surface area contributed by atoms with Crippen LogP contribution < -0.4 is 5.32 Å². The number of aromatic nitrogens is 2. The Labute approximate surface area is 104 Å². The molecule has 0 spiro atoms. The SMILES string of the molecule is C[C@H]1CNCCN1C(=O)Cn1ccc([N+](=O)[O-])n1. The minimum Gasteiger partial charge on any atom is -0.358 e. The fourth-order valence-corrected chi connectivity index (χ4v) is 1.98. The van der Waals surface area contributed by atoms with Crippen LogP contribution in [-0.4, -0.2) is 51.2 Å². The van der Waals surface area contributed by atoms with E-state index in [1.54, 1.807) is 4.90 Å². The Balaban J connectivity index is 1.99. The Morgan fingerprint density at radius 2 is 2.50 bits per heavy atom. The van der Waals surface area contributed by atoms with E-state index < -0.39 is 4.92 Å². The van der Waals surface area contributed by atoms with Crippen molar-refractivity contribution < 1.29 is 9.72 Å². The molecule has 0 aromatic carbocycles. The quantitative estimate of drug-likeness (QED) is 0.585. The molecule has 1 aromatic rings. The van der Waals surface area contributed by atoms with Crippen molar-refractivity contribution in [2.45, 2.75) is 19.5 Å². The summed E-state index contributed by atoms with van der Waals surface area (Å²) in [5, 5.41) is 17.4. The van der Waals surface area contributed by atoms with Crippen LogP contribution in [0.15, 0.2) is 12.3 Å². The molecule has 8 heteroatoms. The second-order valence-corrected chi connectivity index (χ2v) is 4.27. The third-order valence-corrected chi connectivity index (χ3v) is 2.93. The molecule has 0 saturated carbocycles. The van der Waals surface area contributed by atoms with Gasteiger partial charge in [0.15, 0.2) is 0 Å². The summed E-state index contributed by atoms with van der Waals surface area (Å²) in [5.74, 6) is -0.307. The van der Waals surface area contributed by atoms with Gasteiger partial charge in [-0.25, -0.2) is 0 Å². The minimum atomic E-state index is -0.575. The second kappa shape index (κ2) is 5.13. The zero-order valence-electron chi connectivity index (χ0n) is 10.1. The highest BCUT2D eigenvalue weighted by Gasteiger charge is 2.24. The monoisotopic (exact) mass is 253 g/mol. The highest BCUT2D eigenvalue weighted by Crippen LogP contribution is 2.07. The number of nitrogens with zero attached hydrogens (tertiary/aromatic N) is 4. The van der Waals surface area contributed by atoms with Crippen molar-refractivity contribution >= 4 is 11.7 Å². The number of nitro groups is 1. The van der Waals surface area contributed by atoms with Crippen molar-refractivity contribution in [2.24, 2.45) is 0 Å². The molecule has 0 bridgehead atoms. The van der Waals surface area contributed by atoms with Gasteiger partial charge >= 0.3 is 5.82 Å². The molecule has 18 heavy (non-hydrogen) atoms. The number of hydrogen-bond acceptors (Lipinski definition) is 5. The lowest BCUT2D eigenvalue weighted by molar-refractivity contribution is -0.389. The number of hydrogen-bond donors (Lipinski definition) is 1. The smallest absolute Gasteiger partial charge is 0.358 e. The van der Waals surface area contributed by atoms with Gasteiger partial charge < -0.3 is 20.3 Å². The van der Waals surface area contributed by atoms with Crippen molar-refractivity contribution in [3.63, 3.8) is 0 Å². The summed E-state index contributed by atoms with van der Waals surface area (Å²) in [5.41, 5.74) is 0. The molecule has 1 aliphatic heterocycles. The number of nitrogens with one attached hydrogen (secondary N) is 1. The molecule has 1 amide bonds. The van der Waals surface area contributed by atoms with Gasteiger partial charge in [0.2, 0.25) is 5.91 Å². The van der Waals surface area contributed by atoms with Crippen LogP contribution in [0.1, 0.15) is 6.92 Å². The van der Waals surface area contributed by atoms with Crippen molar-refractivity contribution in [2.75, 3.05) is 19.6 Å². The van der Waals surface area contributed by atoms with Crippen molar-refractivity contribution in [3.05, 3.63) is 22.4 Å². The van der Waals surface area contributed by atoms with E-state index in [0.29, 0.717) is 6.54 Å². The largest absolute Gasteiger partial charge is 0.389 e. The maximum atomic E-state index is 12.0. The molecule has 8 nitrogen and oxygen atoms in total. The fraction of sp³-hybridized carbons (Fsp3) is 0.600. The summed E-state index contributed by atoms with van der Waals surface area (Å²) in [6.07, 6.45) is 1.45. The van der Waals surface area contributed by atoms with Crippen LogP contribution >= 0.6 is 0 Å². The first-order valence-electron chi connectivity index (χ1n) is 5.76. The molecule has 2 heterocycles. The lowest BCUT2D eigenvalue weighted by Gasteiger charge is -2.33. The lowest BCUT2D eigenvalue weighted by atomic mass is 10.2. The molecule has 1 saturated heterocycles. The first-order chi connectivity index (χ1) is 8.58. The molecule has 0 radical (unpaired) electrons. The summed E-state index contributed by atoms with van der Waals surface area (Å²) >= 11 is 0. The molecule has 0 unspecified atom stereocenters. The van der Waals surface area contributed by atoms with Crippen LogP contribution in [0.25, 0.3) is 0 Å². The van der Waals surface area contributed by atoms with Crippen LogP contribution in [0, 0.1) is 10.1 Å². The highest BCUT2D eigenvalue weighted by atomic mass is 16.6. The summed E-state index contributed by atoms with van der Waals surface area (Å²) in [6, 6.07) is 1.42.